The Balaban J connectivity index is 1.46. The second-order valence-corrected chi connectivity index (χ2v) is 8.86. The fraction of sp³-hybridized carbons (Fsp3) is 0.478. The summed E-state index contributed by atoms with van der Waals surface area (Å²) in [5.74, 6) is 2.54. The van der Waals surface area contributed by atoms with E-state index < -0.39 is 0 Å². The Morgan fingerprint density at radius 1 is 1.12 bits per heavy atom. The molecule has 1 fully saturated rings. The van der Waals surface area contributed by atoms with Crippen molar-refractivity contribution in [3.8, 4) is 5.75 Å². The summed E-state index contributed by atoms with van der Waals surface area (Å²) < 4.78 is 7.30. The van der Waals surface area contributed by atoms with Gasteiger partial charge in [0.2, 0.25) is 0 Å². The van der Waals surface area contributed by atoms with E-state index in [1.54, 1.807) is 23.9 Å². The van der Waals surface area contributed by atoms with Gasteiger partial charge in [-0.25, -0.2) is 14.6 Å². The molecule has 0 atom stereocenters. The molecule has 0 bridgehead atoms. The monoisotopic (exact) mass is 454 g/mol. The first-order valence-corrected chi connectivity index (χ1v) is 12.3. The molecule has 0 saturated carbocycles. The summed E-state index contributed by atoms with van der Waals surface area (Å²) in [6.45, 7) is 7.68. The van der Waals surface area contributed by atoms with Crippen LogP contribution in [-0.2, 0) is 6.54 Å². The van der Waals surface area contributed by atoms with Crippen molar-refractivity contribution in [2.75, 3.05) is 36.9 Å². The average Bonchev–Trinajstić information content (AvgIpc) is 3.23. The molecule has 8 nitrogen and oxygen atoms in total. The number of anilines is 1. The molecule has 3 heterocycles. The molecule has 0 radical (unpaired) electrons. The number of nitrogens with one attached hydrogen (secondary N) is 1. The molecule has 1 amide bonds. The van der Waals surface area contributed by atoms with Gasteiger partial charge in [-0.2, -0.15) is 5.10 Å². The van der Waals surface area contributed by atoms with Gasteiger partial charge in [0.1, 0.15) is 11.6 Å². The lowest BCUT2D eigenvalue weighted by molar-refractivity contribution is 0.0952. The van der Waals surface area contributed by atoms with Gasteiger partial charge >= 0.3 is 0 Å². The molecule has 3 aromatic rings. The number of nitrogens with zero attached hydrogens (tertiary/aromatic N) is 5. The summed E-state index contributed by atoms with van der Waals surface area (Å²) in [5.41, 5.74) is 1.43. The molecular weight excluding hydrogens is 424 g/mol. The van der Waals surface area contributed by atoms with Crippen molar-refractivity contribution in [3.63, 3.8) is 0 Å². The highest BCUT2D eigenvalue weighted by molar-refractivity contribution is 7.99. The third-order valence-corrected chi connectivity index (χ3v) is 6.15. The standard InChI is InChI=1S/C23H30N6O2S/c1-3-31-18-10-8-17(9-11-18)22(30)24-12-15-29-21-19(16-25-29)20(26-23(27-21)32-4-2)28-13-6-5-7-14-28/h8-11,16H,3-7,12-15H2,1-2H3,(H,24,30). The van der Waals surface area contributed by atoms with E-state index in [1.807, 2.05) is 29.9 Å². The van der Waals surface area contributed by atoms with Crippen molar-refractivity contribution in [1.29, 1.82) is 0 Å². The van der Waals surface area contributed by atoms with Crippen LogP contribution in [0.5, 0.6) is 5.75 Å². The Morgan fingerprint density at radius 3 is 2.62 bits per heavy atom. The maximum absolute atomic E-state index is 12.5. The van der Waals surface area contributed by atoms with Gasteiger partial charge in [0.15, 0.2) is 10.8 Å². The number of benzene rings is 1. The van der Waals surface area contributed by atoms with Gasteiger partial charge in [0.25, 0.3) is 5.91 Å². The predicted molar refractivity (Wildman–Crippen MR) is 128 cm³/mol. The maximum atomic E-state index is 12.5. The van der Waals surface area contributed by atoms with Gasteiger partial charge in [-0.3, -0.25) is 4.79 Å². The zero-order valence-corrected chi connectivity index (χ0v) is 19.5. The highest BCUT2D eigenvalue weighted by Crippen LogP contribution is 2.29. The molecule has 170 valence electrons. The van der Waals surface area contributed by atoms with E-state index >= 15 is 0 Å². The van der Waals surface area contributed by atoms with Gasteiger partial charge in [-0.05, 0) is 56.2 Å². The molecule has 1 saturated heterocycles. The first-order chi connectivity index (χ1) is 15.7. The third-order valence-electron chi connectivity index (χ3n) is 5.42. The Kier molecular flexibility index (Phi) is 7.47. The van der Waals surface area contributed by atoms with E-state index in [0.29, 0.717) is 25.3 Å². The largest absolute Gasteiger partial charge is 0.494 e. The molecule has 32 heavy (non-hydrogen) atoms. The smallest absolute Gasteiger partial charge is 0.251 e. The van der Waals surface area contributed by atoms with E-state index in [0.717, 1.165) is 46.6 Å². The minimum absolute atomic E-state index is 0.115. The number of ether oxygens (including phenoxy) is 1. The zero-order chi connectivity index (χ0) is 22.3. The second kappa shape index (κ2) is 10.7. The summed E-state index contributed by atoms with van der Waals surface area (Å²) in [6.07, 6.45) is 5.50. The van der Waals surface area contributed by atoms with Crippen LogP contribution < -0.4 is 15.0 Å². The number of aromatic nitrogens is 4. The Bertz CT molecular complexity index is 1050. The van der Waals surface area contributed by atoms with Crippen molar-refractivity contribution < 1.29 is 9.53 Å². The van der Waals surface area contributed by atoms with Crippen molar-refractivity contribution in [2.45, 2.75) is 44.8 Å². The number of hydrogen-bond acceptors (Lipinski definition) is 7. The van der Waals surface area contributed by atoms with Crippen LogP contribution in [0, 0.1) is 0 Å². The molecule has 4 rings (SSSR count). The highest BCUT2D eigenvalue weighted by atomic mass is 32.2. The Hall–Kier alpha value is -2.81. The van der Waals surface area contributed by atoms with Crippen LogP contribution in [0.25, 0.3) is 11.0 Å². The van der Waals surface area contributed by atoms with Crippen LogP contribution in [0.4, 0.5) is 5.82 Å². The Morgan fingerprint density at radius 2 is 1.91 bits per heavy atom. The summed E-state index contributed by atoms with van der Waals surface area (Å²) in [7, 11) is 0. The summed E-state index contributed by atoms with van der Waals surface area (Å²) in [6, 6.07) is 7.17. The van der Waals surface area contributed by atoms with E-state index in [9.17, 15) is 4.79 Å². The molecule has 9 heteroatoms. The SMILES string of the molecule is CCOc1ccc(C(=O)NCCn2ncc3c(N4CCCCC4)nc(SCC)nc32)cc1. The number of carbonyl (C=O) groups is 1. The summed E-state index contributed by atoms with van der Waals surface area (Å²) in [5, 5.41) is 9.29. The number of thioether (sulfide) groups is 1. The van der Waals surface area contributed by atoms with E-state index in [1.165, 1.54) is 19.3 Å². The van der Waals surface area contributed by atoms with E-state index in [4.69, 9.17) is 14.7 Å². The van der Waals surface area contributed by atoms with Crippen molar-refractivity contribution in [2.24, 2.45) is 0 Å². The van der Waals surface area contributed by atoms with Gasteiger partial charge in [-0.1, -0.05) is 18.7 Å². The molecule has 0 aliphatic carbocycles. The number of fused-ring (bicyclic) bond motifs is 1. The Labute approximate surface area is 192 Å². The first-order valence-electron chi connectivity index (χ1n) is 11.3. The average molecular weight is 455 g/mol. The fourth-order valence-corrected chi connectivity index (χ4v) is 4.43. The number of rotatable bonds is 9. The number of hydrogen-bond donors (Lipinski definition) is 1. The minimum atomic E-state index is -0.115. The topological polar surface area (TPSA) is 85.2 Å². The van der Waals surface area contributed by atoms with E-state index in [-0.39, 0.29) is 5.91 Å². The molecule has 1 aliphatic heterocycles. The minimum Gasteiger partial charge on any atom is -0.494 e. The summed E-state index contributed by atoms with van der Waals surface area (Å²) >= 11 is 1.64. The van der Waals surface area contributed by atoms with Crippen LogP contribution in [-0.4, -0.2) is 57.6 Å². The zero-order valence-electron chi connectivity index (χ0n) is 18.7. The molecule has 1 aliphatic rings. The number of amides is 1. The molecular formula is C23H30N6O2S. The van der Waals surface area contributed by atoms with Crippen LogP contribution in [0.3, 0.4) is 0 Å². The quantitative estimate of drug-likeness (QED) is 0.389. The van der Waals surface area contributed by atoms with Gasteiger partial charge < -0.3 is 15.0 Å². The lowest BCUT2D eigenvalue weighted by Crippen LogP contribution is -2.30. The van der Waals surface area contributed by atoms with Crippen LogP contribution in [0.1, 0.15) is 43.5 Å². The fourth-order valence-electron chi connectivity index (χ4n) is 3.87. The van der Waals surface area contributed by atoms with Gasteiger partial charge in [0, 0.05) is 25.2 Å². The van der Waals surface area contributed by atoms with Crippen LogP contribution in [0.2, 0.25) is 0 Å². The lowest BCUT2D eigenvalue weighted by Gasteiger charge is -2.28. The molecule has 2 aromatic heterocycles. The van der Waals surface area contributed by atoms with Crippen molar-refractivity contribution in [3.05, 3.63) is 36.0 Å². The molecule has 1 aromatic carbocycles. The van der Waals surface area contributed by atoms with Crippen LogP contribution >= 0.6 is 11.8 Å². The maximum Gasteiger partial charge on any atom is 0.251 e. The highest BCUT2D eigenvalue weighted by Gasteiger charge is 2.20. The molecule has 0 spiro atoms. The predicted octanol–water partition coefficient (Wildman–Crippen LogP) is 3.76. The normalized spacial score (nSPS) is 14.0. The van der Waals surface area contributed by atoms with Crippen LogP contribution in [0.15, 0.2) is 35.6 Å². The van der Waals surface area contributed by atoms with Gasteiger partial charge in [0.05, 0.1) is 24.7 Å². The first kappa shape index (κ1) is 22.4. The summed E-state index contributed by atoms with van der Waals surface area (Å²) in [4.78, 5) is 24.4. The number of piperidine rings is 1. The third kappa shape index (κ3) is 5.15. The molecule has 1 N–H and O–H groups in total. The van der Waals surface area contributed by atoms with Crippen molar-refractivity contribution in [1.82, 2.24) is 25.1 Å². The van der Waals surface area contributed by atoms with E-state index in [2.05, 4.69) is 22.2 Å². The molecule has 0 unspecified atom stereocenters. The van der Waals surface area contributed by atoms with Gasteiger partial charge in [-0.15, -0.1) is 0 Å². The van der Waals surface area contributed by atoms with Crippen molar-refractivity contribution >= 4 is 34.5 Å². The lowest BCUT2D eigenvalue weighted by atomic mass is 10.1. The number of carbonyl (C=O) groups excluding carboxylic acids is 1. The second-order valence-electron chi connectivity index (χ2n) is 7.63.